The first-order chi connectivity index (χ1) is 30.1. The van der Waals surface area contributed by atoms with Crippen LogP contribution < -0.4 is 5.73 Å². The number of aromatic nitrogens is 3. The molecule has 2 unspecified atom stereocenters. The Morgan fingerprint density at radius 1 is 0.984 bits per heavy atom. The lowest BCUT2D eigenvalue weighted by Gasteiger charge is -2.46. The molecule has 12 atom stereocenters. The molecule has 0 bridgehead atoms. The van der Waals surface area contributed by atoms with Crippen LogP contribution in [0.15, 0.2) is 84.6 Å². The highest BCUT2D eigenvalue weighted by molar-refractivity contribution is 5.91. The van der Waals surface area contributed by atoms with Crippen LogP contribution >= 0.6 is 0 Å². The van der Waals surface area contributed by atoms with Gasteiger partial charge in [-0.3, -0.25) is 19.2 Å². The molecule has 346 valence electrons. The minimum absolute atomic E-state index is 0.104. The van der Waals surface area contributed by atoms with E-state index in [4.69, 9.17) is 19.9 Å². The number of nitrogens with zero attached hydrogens (tertiary/aromatic N) is 5. The lowest BCUT2D eigenvalue weighted by Crippen LogP contribution is -2.63. The van der Waals surface area contributed by atoms with Gasteiger partial charge < -0.3 is 45.3 Å². The molecule has 5 rings (SSSR count). The summed E-state index contributed by atoms with van der Waals surface area (Å²) >= 11 is 0. The van der Waals surface area contributed by atoms with Crippen molar-refractivity contribution >= 4 is 17.4 Å². The SMILES string of the molecule is CC[C@H]1OC(=O)C[C@@H](O)[C@H](C)[C@@H](O[C@@H]2O[C@H](C)[C@@H](O)C(N(C)C)C2O)[C@@H](CCN(CCn2cc(-c3cccc(N)c3)nn2)Cc2ccccc2)C[C@@H](C)C(=O)/C=C/C(C)=C/[C@@H]1CO. The second-order valence-electron chi connectivity index (χ2n) is 17.7. The number of nitrogens with two attached hydrogens (primary N) is 1. The summed E-state index contributed by atoms with van der Waals surface area (Å²) in [7, 11) is 3.53. The summed E-state index contributed by atoms with van der Waals surface area (Å²) in [5.74, 6) is -2.85. The summed E-state index contributed by atoms with van der Waals surface area (Å²) in [5.41, 5.74) is 10.1. The number of carbonyl (C=O) groups excluding carboxylic acids is 2. The zero-order valence-corrected chi connectivity index (χ0v) is 37.9. The monoisotopic (exact) mass is 875 g/mol. The Hall–Kier alpha value is -4.32. The maximum absolute atomic E-state index is 13.9. The van der Waals surface area contributed by atoms with Gasteiger partial charge in [-0.15, -0.1) is 5.10 Å². The Labute approximate surface area is 372 Å². The average Bonchev–Trinajstić information content (AvgIpc) is 3.74. The van der Waals surface area contributed by atoms with E-state index in [9.17, 15) is 30.0 Å². The molecule has 1 fully saturated rings. The molecule has 6 N–H and O–H groups in total. The molecule has 1 saturated heterocycles. The first kappa shape index (κ1) is 49.7. The smallest absolute Gasteiger partial charge is 0.308 e. The second kappa shape index (κ2) is 23.6. The van der Waals surface area contributed by atoms with Crippen molar-refractivity contribution in [1.29, 1.82) is 0 Å². The lowest BCUT2D eigenvalue weighted by atomic mass is 9.79. The highest BCUT2D eigenvalue weighted by Gasteiger charge is 2.47. The van der Waals surface area contributed by atoms with Crippen LogP contribution in [0.4, 0.5) is 5.69 Å². The molecular weight excluding hydrogens is 805 g/mol. The Kier molecular flexibility index (Phi) is 18.6. The van der Waals surface area contributed by atoms with Gasteiger partial charge >= 0.3 is 5.97 Å². The third-order valence-electron chi connectivity index (χ3n) is 12.6. The van der Waals surface area contributed by atoms with Gasteiger partial charge in [0, 0.05) is 42.1 Å². The number of allylic oxidation sites excluding steroid dienone is 3. The number of rotatable bonds is 14. The Bertz CT molecular complexity index is 1960. The van der Waals surface area contributed by atoms with Gasteiger partial charge in [-0.05, 0) is 83.4 Å². The van der Waals surface area contributed by atoms with E-state index >= 15 is 0 Å². The van der Waals surface area contributed by atoms with Gasteiger partial charge in [0.25, 0.3) is 0 Å². The van der Waals surface area contributed by atoms with E-state index in [2.05, 4.69) is 27.3 Å². The molecular formula is C48H70N6O9. The van der Waals surface area contributed by atoms with Gasteiger partial charge in [0.05, 0.1) is 56.2 Å². The van der Waals surface area contributed by atoms with E-state index in [1.165, 1.54) is 0 Å². The fourth-order valence-electron chi connectivity index (χ4n) is 8.80. The van der Waals surface area contributed by atoms with Gasteiger partial charge in [-0.2, -0.15) is 0 Å². The molecule has 63 heavy (non-hydrogen) atoms. The Morgan fingerprint density at radius 2 is 1.73 bits per heavy atom. The molecule has 2 aliphatic rings. The number of hydrogen-bond acceptors (Lipinski definition) is 14. The van der Waals surface area contributed by atoms with Gasteiger partial charge in [0.1, 0.15) is 17.9 Å². The van der Waals surface area contributed by atoms with Gasteiger partial charge in [0.15, 0.2) is 12.1 Å². The van der Waals surface area contributed by atoms with Crippen LogP contribution in [-0.4, -0.2) is 140 Å². The molecule has 2 aromatic carbocycles. The number of anilines is 1. The molecule has 0 amide bonds. The first-order valence-electron chi connectivity index (χ1n) is 22.3. The molecule has 0 saturated carbocycles. The van der Waals surface area contributed by atoms with Crippen LogP contribution in [-0.2, 0) is 36.9 Å². The summed E-state index contributed by atoms with van der Waals surface area (Å²) in [6.07, 6.45) is 0.974. The molecule has 3 aromatic rings. The number of esters is 1. The van der Waals surface area contributed by atoms with Crippen molar-refractivity contribution in [3.8, 4) is 11.3 Å². The first-order valence-corrected chi connectivity index (χ1v) is 22.3. The minimum atomic E-state index is -1.27. The van der Waals surface area contributed by atoms with E-state index in [0.29, 0.717) is 56.8 Å². The standard InChI is InChI=1S/C48H70N6O9/c1-8-42-37(29-55)23-30(2)17-18-40(56)31(3)24-36(47(32(4)41(57)26-43(58)62-42)63-48-46(60)44(52(6)7)45(59)33(5)61-48)19-20-53(27-34-13-10-9-11-14-34)21-22-54-28-39(50-51-54)35-15-12-16-38(49)25-35/h9-18,23,25,28,31-33,36-37,41-42,44-48,55,57,59-60H,8,19-22,24,26-27,29,49H2,1-7H3/b18-17+,30-23+/t31-,32+,33-,36+,37-,41-,42-,44?,45-,46?,47-,48+/m1/s1. The summed E-state index contributed by atoms with van der Waals surface area (Å²) in [6.45, 7) is 11.1. The van der Waals surface area contributed by atoms with E-state index in [1.807, 2.05) is 69.4 Å². The van der Waals surface area contributed by atoms with E-state index in [1.54, 1.807) is 55.8 Å². The minimum Gasteiger partial charge on any atom is -0.462 e. The van der Waals surface area contributed by atoms with Gasteiger partial charge in [-0.25, -0.2) is 0 Å². The number of benzene rings is 2. The predicted octanol–water partition coefficient (Wildman–Crippen LogP) is 4.25. The molecule has 2 aliphatic heterocycles. The van der Waals surface area contributed by atoms with Crippen LogP contribution in [0.2, 0.25) is 0 Å². The topological polar surface area (TPSA) is 206 Å². The highest BCUT2D eigenvalue weighted by Crippen LogP contribution is 2.35. The van der Waals surface area contributed by atoms with Gasteiger partial charge in [0.2, 0.25) is 0 Å². The number of nitrogen functional groups attached to an aromatic ring is 1. The van der Waals surface area contributed by atoms with Crippen LogP contribution in [0.5, 0.6) is 0 Å². The third-order valence-corrected chi connectivity index (χ3v) is 12.6. The molecule has 1 aromatic heterocycles. The maximum atomic E-state index is 13.9. The molecule has 0 spiro atoms. The number of hydrogen-bond donors (Lipinski definition) is 5. The summed E-state index contributed by atoms with van der Waals surface area (Å²) in [4.78, 5) is 31.5. The third kappa shape index (κ3) is 13.8. The number of ketones is 1. The highest BCUT2D eigenvalue weighted by atomic mass is 16.7. The maximum Gasteiger partial charge on any atom is 0.308 e. The zero-order valence-electron chi connectivity index (χ0n) is 37.9. The molecule has 15 nitrogen and oxygen atoms in total. The summed E-state index contributed by atoms with van der Waals surface area (Å²) in [5, 5.41) is 53.7. The lowest BCUT2D eigenvalue weighted by molar-refractivity contribution is -0.304. The largest absolute Gasteiger partial charge is 0.462 e. The quantitative estimate of drug-likeness (QED) is 0.114. The van der Waals surface area contributed by atoms with Crippen molar-refractivity contribution in [2.75, 3.05) is 39.5 Å². The normalized spacial score (nSPS) is 31.7. The van der Waals surface area contributed by atoms with Crippen molar-refractivity contribution in [3.63, 3.8) is 0 Å². The number of carbonyl (C=O) groups is 2. The average molecular weight is 875 g/mol. The van der Waals surface area contributed by atoms with Crippen molar-refractivity contribution in [2.45, 2.75) is 122 Å². The summed E-state index contributed by atoms with van der Waals surface area (Å²) < 4.78 is 20.7. The van der Waals surface area contributed by atoms with Crippen LogP contribution in [0.1, 0.15) is 65.9 Å². The molecule has 0 radical (unpaired) electrons. The fourth-order valence-corrected chi connectivity index (χ4v) is 8.80. The van der Waals surface area contributed by atoms with E-state index in [-0.39, 0.29) is 18.8 Å². The van der Waals surface area contributed by atoms with Crippen LogP contribution in [0, 0.1) is 23.7 Å². The predicted molar refractivity (Wildman–Crippen MR) is 241 cm³/mol. The van der Waals surface area contributed by atoms with Crippen LogP contribution in [0.3, 0.4) is 0 Å². The number of aliphatic hydroxyl groups excluding tert-OH is 4. The Balaban J connectivity index is 1.50. The van der Waals surface area contributed by atoms with Crippen molar-refractivity contribution in [2.24, 2.45) is 23.7 Å². The van der Waals surface area contributed by atoms with Gasteiger partial charge in [-0.1, -0.05) is 86.2 Å². The molecule has 0 aliphatic carbocycles. The fraction of sp³-hybridized carbons (Fsp3) is 0.583. The number of cyclic esters (lactones) is 1. The Morgan fingerprint density at radius 3 is 2.41 bits per heavy atom. The van der Waals surface area contributed by atoms with Crippen LogP contribution in [0.25, 0.3) is 11.3 Å². The van der Waals surface area contributed by atoms with Crippen molar-refractivity contribution < 1.29 is 44.2 Å². The summed E-state index contributed by atoms with van der Waals surface area (Å²) in [6, 6.07) is 16.9. The number of aliphatic hydroxyl groups is 4. The number of ether oxygens (including phenoxy) is 3. The van der Waals surface area contributed by atoms with E-state index in [0.717, 1.165) is 16.7 Å². The zero-order chi connectivity index (χ0) is 45.8. The van der Waals surface area contributed by atoms with Crippen molar-refractivity contribution in [3.05, 3.63) is 90.2 Å². The molecule has 15 heteroatoms. The molecule has 3 heterocycles. The van der Waals surface area contributed by atoms with E-state index < -0.39 is 78.6 Å². The van der Waals surface area contributed by atoms with Crippen molar-refractivity contribution in [1.82, 2.24) is 24.8 Å². The second-order valence-corrected chi connectivity index (χ2v) is 17.7. The number of likely N-dealkylation sites (N-methyl/N-ethyl adjacent to an activating group) is 1.